The lowest BCUT2D eigenvalue weighted by atomic mass is 10.1. The van der Waals surface area contributed by atoms with Crippen molar-refractivity contribution < 1.29 is 5.11 Å². The maximum Gasteiger partial charge on any atom is 0.169 e. The molecular weight excluding hydrogens is 462 g/mol. The van der Waals surface area contributed by atoms with Crippen LogP contribution in [-0.4, -0.2) is 71.5 Å². The SMILES string of the molecule is C[C@@H]1CCN(c2cc(-c3ccccc3O)nnc2N)CCN1c1cc(C#CCN(C)C)ncc1Cl. The highest BCUT2D eigenvalue weighted by atomic mass is 35.5. The minimum atomic E-state index is 0.157. The van der Waals surface area contributed by atoms with E-state index in [1.807, 2.05) is 43.3 Å². The van der Waals surface area contributed by atoms with Crippen LogP contribution >= 0.6 is 11.6 Å². The van der Waals surface area contributed by atoms with Crippen molar-refractivity contribution in [3.63, 3.8) is 0 Å². The third kappa shape index (κ3) is 5.76. The topological polar surface area (TPSA) is 94.6 Å². The summed E-state index contributed by atoms with van der Waals surface area (Å²) in [5.74, 6) is 6.79. The van der Waals surface area contributed by atoms with Gasteiger partial charge < -0.3 is 20.6 Å². The highest BCUT2D eigenvalue weighted by molar-refractivity contribution is 6.33. The molecule has 1 atom stereocenters. The van der Waals surface area contributed by atoms with Crippen molar-refractivity contribution in [2.24, 2.45) is 0 Å². The van der Waals surface area contributed by atoms with Gasteiger partial charge in [-0.15, -0.1) is 10.2 Å². The Morgan fingerprint density at radius 1 is 1.14 bits per heavy atom. The van der Waals surface area contributed by atoms with E-state index in [9.17, 15) is 5.11 Å². The quantitative estimate of drug-likeness (QED) is 0.535. The summed E-state index contributed by atoms with van der Waals surface area (Å²) in [5.41, 5.74) is 9.89. The number of hydrogen-bond donors (Lipinski definition) is 2. The minimum absolute atomic E-state index is 0.157. The average Bonchev–Trinajstić information content (AvgIpc) is 3.02. The molecule has 3 aromatic rings. The number of halogens is 1. The van der Waals surface area contributed by atoms with E-state index < -0.39 is 0 Å². The summed E-state index contributed by atoms with van der Waals surface area (Å²) in [6.45, 7) is 5.12. The minimum Gasteiger partial charge on any atom is -0.507 e. The third-order valence-corrected chi connectivity index (χ3v) is 6.33. The fourth-order valence-electron chi connectivity index (χ4n) is 4.13. The Balaban J connectivity index is 1.58. The van der Waals surface area contributed by atoms with Crippen LogP contribution in [-0.2, 0) is 0 Å². The van der Waals surface area contributed by atoms with Crippen molar-refractivity contribution in [3.8, 4) is 28.8 Å². The number of aromatic hydroxyl groups is 1. The van der Waals surface area contributed by atoms with Crippen molar-refractivity contribution >= 4 is 28.8 Å². The normalized spacial score (nSPS) is 16.1. The first kappa shape index (κ1) is 24.6. The molecule has 0 bridgehead atoms. The van der Waals surface area contributed by atoms with E-state index in [1.165, 1.54) is 0 Å². The maximum atomic E-state index is 10.3. The first-order chi connectivity index (χ1) is 16.8. The number of anilines is 3. The average molecular weight is 492 g/mol. The predicted octanol–water partition coefficient (Wildman–Crippen LogP) is 3.50. The number of benzene rings is 1. The summed E-state index contributed by atoms with van der Waals surface area (Å²) in [5, 5.41) is 19.3. The molecule has 2 aromatic heterocycles. The lowest BCUT2D eigenvalue weighted by molar-refractivity contribution is 0.464. The molecule has 1 fully saturated rings. The van der Waals surface area contributed by atoms with Crippen LogP contribution in [0.15, 0.2) is 42.6 Å². The predicted molar refractivity (Wildman–Crippen MR) is 142 cm³/mol. The Labute approximate surface area is 211 Å². The van der Waals surface area contributed by atoms with Crippen molar-refractivity contribution in [3.05, 3.63) is 53.3 Å². The van der Waals surface area contributed by atoms with Crippen molar-refractivity contribution in [2.75, 3.05) is 55.8 Å². The van der Waals surface area contributed by atoms with Crippen molar-refractivity contribution in [1.29, 1.82) is 0 Å². The molecule has 9 heteroatoms. The van der Waals surface area contributed by atoms with Crippen molar-refractivity contribution in [1.82, 2.24) is 20.1 Å². The Morgan fingerprint density at radius 3 is 2.71 bits per heavy atom. The Kier molecular flexibility index (Phi) is 7.59. The zero-order chi connectivity index (χ0) is 24.9. The zero-order valence-corrected chi connectivity index (χ0v) is 21.0. The molecule has 1 aliphatic heterocycles. The molecule has 1 aromatic carbocycles. The van der Waals surface area contributed by atoms with Gasteiger partial charge in [-0.25, -0.2) is 4.98 Å². The van der Waals surface area contributed by atoms with Crippen molar-refractivity contribution in [2.45, 2.75) is 19.4 Å². The maximum absolute atomic E-state index is 10.3. The molecule has 182 valence electrons. The standard InChI is InChI=1S/C26H30ClN7O/c1-18-10-12-33(24-16-22(30-31-26(24)28)20-8-4-5-9-25(20)35)13-14-34(18)23-15-19(29-17-21(23)27)7-6-11-32(2)3/h4-5,8-9,15-18,35H,10-14H2,1-3H3,(H2,28,31)/t18-/m1/s1. The first-order valence-electron chi connectivity index (χ1n) is 11.6. The summed E-state index contributed by atoms with van der Waals surface area (Å²) in [6.07, 6.45) is 2.57. The molecule has 3 N–H and O–H groups in total. The largest absolute Gasteiger partial charge is 0.507 e. The van der Waals surface area contributed by atoms with Crippen LogP contribution in [0.25, 0.3) is 11.3 Å². The van der Waals surface area contributed by atoms with E-state index >= 15 is 0 Å². The molecule has 0 aliphatic carbocycles. The number of nitrogens with zero attached hydrogens (tertiary/aromatic N) is 6. The Bertz CT molecular complexity index is 1250. The zero-order valence-electron chi connectivity index (χ0n) is 20.2. The molecule has 1 saturated heterocycles. The number of phenols is 1. The van der Waals surface area contributed by atoms with Gasteiger partial charge in [-0.2, -0.15) is 0 Å². The highest BCUT2D eigenvalue weighted by Crippen LogP contribution is 2.33. The van der Waals surface area contributed by atoms with Gasteiger partial charge >= 0.3 is 0 Å². The summed E-state index contributed by atoms with van der Waals surface area (Å²) < 4.78 is 0. The van der Waals surface area contributed by atoms with Gasteiger partial charge in [-0.1, -0.05) is 29.7 Å². The molecule has 1 aliphatic rings. The van der Waals surface area contributed by atoms with E-state index in [0.717, 1.165) is 37.4 Å². The Morgan fingerprint density at radius 2 is 1.94 bits per heavy atom. The fraction of sp³-hybridized carbons (Fsp3) is 0.346. The summed E-state index contributed by atoms with van der Waals surface area (Å²) >= 11 is 6.58. The van der Waals surface area contributed by atoms with Crippen LogP contribution < -0.4 is 15.5 Å². The van der Waals surface area contributed by atoms with E-state index in [0.29, 0.717) is 34.3 Å². The Hall–Kier alpha value is -3.54. The number of nitrogens with two attached hydrogens (primary N) is 1. The fourth-order valence-corrected chi connectivity index (χ4v) is 4.34. The van der Waals surface area contributed by atoms with E-state index in [4.69, 9.17) is 17.3 Å². The lowest BCUT2D eigenvalue weighted by Gasteiger charge is -2.30. The lowest BCUT2D eigenvalue weighted by Crippen LogP contribution is -2.35. The molecule has 4 rings (SSSR count). The molecule has 0 amide bonds. The molecular formula is C26H30ClN7O. The van der Waals surface area contributed by atoms with Crippen LogP contribution in [0.2, 0.25) is 5.02 Å². The number of aromatic nitrogens is 3. The molecule has 35 heavy (non-hydrogen) atoms. The second-order valence-corrected chi connectivity index (χ2v) is 9.30. The van der Waals surface area contributed by atoms with Gasteiger partial charge in [0.05, 0.1) is 28.6 Å². The van der Waals surface area contributed by atoms with Crippen LogP contribution in [0.4, 0.5) is 17.2 Å². The molecule has 0 spiro atoms. The smallest absolute Gasteiger partial charge is 0.169 e. The van der Waals surface area contributed by atoms with Gasteiger partial charge in [0.2, 0.25) is 0 Å². The van der Waals surface area contributed by atoms with Crippen LogP contribution in [0.5, 0.6) is 5.75 Å². The number of para-hydroxylation sites is 1. The highest BCUT2D eigenvalue weighted by Gasteiger charge is 2.25. The van der Waals surface area contributed by atoms with Gasteiger partial charge in [-0.05, 0) is 57.6 Å². The molecule has 3 heterocycles. The number of rotatable bonds is 4. The van der Waals surface area contributed by atoms with E-state index in [1.54, 1.807) is 18.3 Å². The van der Waals surface area contributed by atoms with Crippen LogP contribution in [0.1, 0.15) is 19.0 Å². The van der Waals surface area contributed by atoms with Crippen LogP contribution in [0.3, 0.4) is 0 Å². The monoisotopic (exact) mass is 491 g/mol. The van der Waals surface area contributed by atoms with Gasteiger partial charge in [0.25, 0.3) is 0 Å². The van der Waals surface area contributed by atoms with Gasteiger partial charge in [0.15, 0.2) is 5.82 Å². The number of phenolic OH excluding ortho intramolecular Hbond substituents is 1. The second-order valence-electron chi connectivity index (χ2n) is 8.90. The summed E-state index contributed by atoms with van der Waals surface area (Å²) in [6, 6.07) is 11.2. The van der Waals surface area contributed by atoms with Gasteiger partial charge in [0.1, 0.15) is 11.4 Å². The van der Waals surface area contributed by atoms with E-state index in [-0.39, 0.29) is 11.8 Å². The third-order valence-electron chi connectivity index (χ3n) is 6.04. The molecule has 0 radical (unpaired) electrons. The van der Waals surface area contributed by atoms with Crippen LogP contribution in [0, 0.1) is 11.8 Å². The second kappa shape index (κ2) is 10.8. The summed E-state index contributed by atoms with van der Waals surface area (Å²) in [4.78, 5) is 10.9. The van der Waals surface area contributed by atoms with Gasteiger partial charge in [0, 0.05) is 37.4 Å². The molecule has 0 saturated carbocycles. The number of nitrogen functional groups attached to an aromatic ring is 1. The summed E-state index contributed by atoms with van der Waals surface area (Å²) in [7, 11) is 3.97. The van der Waals surface area contributed by atoms with E-state index in [2.05, 4.69) is 43.7 Å². The number of pyridine rings is 1. The first-order valence-corrected chi connectivity index (χ1v) is 11.9. The molecule has 8 nitrogen and oxygen atoms in total. The molecule has 0 unspecified atom stereocenters. The van der Waals surface area contributed by atoms with Gasteiger partial charge in [-0.3, -0.25) is 4.90 Å². The number of hydrogen-bond acceptors (Lipinski definition) is 8.